The standard InChI is InChI=1S/C20H21F2N9O9P2S3/c21-8-7-2-37-42(35,44)39-12-6(38-18(9(12)22)30-4-26-10-14(30)24-3-25-16(10)32)1-36-41(34,43)40-13(8)19(45-7)31-5-27-11-15(31)28-20(23)29-17(11)33/h3-9,12-13,18-19H,1-2H2,(H,34,43)(H,35,44)(H,24,25,32)(H3,23,28,29,33)/t6-,7-,8+,9+,12-,13-,18-,19-,41?,42?/m1/s1. The van der Waals surface area contributed by atoms with Crippen molar-refractivity contribution in [2.75, 3.05) is 18.9 Å². The number of aromatic amines is 2. The summed E-state index contributed by atoms with van der Waals surface area (Å²) in [7, 11) is 0. The van der Waals surface area contributed by atoms with E-state index in [1.165, 1.54) is 10.9 Å². The summed E-state index contributed by atoms with van der Waals surface area (Å²) in [5.74, 6) is -0.218. The highest BCUT2D eigenvalue weighted by Gasteiger charge is 2.53. The monoisotopic (exact) mass is 727 g/mol. The Morgan fingerprint density at radius 2 is 1.62 bits per heavy atom. The van der Waals surface area contributed by atoms with E-state index in [1.807, 2.05) is 0 Å². The van der Waals surface area contributed by atoms with Gasteiger partial charge in [0.15, 0.2) is 34.7 Å². The summed E-state index contributed by atoms with van der Waals surface area (Å²) in [5.41, 5.74) is 4.33. The molecular formula is C20H21F2N9O9P2S3. The number of hydrogen-bond donors (Lipinski definition) is 5. The highest BCUT2D eigenvalue weighted by Crippen LogP contribution is 2.57. The summed E-state index contributed by atoms with van der Waals surface area (Å²) in [6, 6.07) is 0. The fourth-order valence-electron chi connectivity index (χ4n) is 5.23. The van der Waals surface area contributed by atoms with Crippen LogP contribution >= 0.6 is 25.2 Å². The Balaban J connectivity index is 1.21. The lowest BCUT2D eigenvalue weighted by atomic mass is 10.1. The zero-order chi connectivity index (χ0) is 31.8. The van der Waals surface area contributed by atoms with Gasteiger partial charge < -0.3 is 34.3 Å². The molecule has 18 nitrogen and oxygen atoms in total. The topological polar surface area (TPSA) is 240 Å². The summed E-state index contributed by atoms with van der Waals surface area (Å²) in [6.07, 6.45) is -6.50. The molecule has 3 saturated heterocycles. The SMILES string of the molecule is Nc1nc2c(ncn2[C@@H]2S[C@@H]3COP(O)(=S)O[C@H]4[C@H](F)[C@H](n5cnc6c(=O)[nH]cnc65)O[C@@H]4COP(O)(=S)O[C@@H]2[C@H]3F)c(=O)[nH]1. The molecule has 0 spiro atoms. The molecule has 7 rings (SSSR count). The third kappa shape index (κ3) is 5.68. The average Bonchev–Trinajstić information content (AvgIpc) is 3.72. The predicted molar refractivity (Wildman–Crippen MR) is 159 cm³/mol. The van der Waals surface area contributed by atoms with Crippen molar-refractivity contribution in [3.63, 3.8) is 0 Å². The number of nitrogens with zero attached hydrogens (tertiary/aromatic N) is 6. The molecule has 2 bridgehead atoms. The van der Waals surface area contributed by atoms with Gasteiger partial charge in [-0.3, -0.25) is 32.8 Å². The van der Waals surface area contributed by atoms with E-state index in [0.717, 1.165) is 29.0 Å². The first kappa shape index (κ1) is 31.3. The van der Waals surface area contributed by atoms with Crippen LogP contribution in [0.5, 0.6) is 0 Å². The van der Waals surface area contributed by atoms with E-state index in [1.54, 1.807) is 0 Å². The molecule has 6 N–H and O–H groups in total. The summed E-state index contributed by atoms with van der Waals surface area (Å²) in [5, 5.41) is -2.14. The highest BCUT2D eigenvalue weighted by atomic mass is 32.5. The van der Waals surface area contributed by atoms with Crippen LogP contribution in [-0.4, -0.2) is 97.9 Å². The van der Waals surface area contributed by atoms with Gasteiger partial charge in [-0.25, -0.2) is 23.7 Å². The molecule has 0 amide bonds. The minimum atomic E-state index is -4.30. The maximum absolute atomic E-state index is 16.0. The molecule has 10 atom stereocenters. The molecule has 4 aromatic rings. The van der Waals surface area contributed by atoms with Gasteiger partial charge in [0.05, 0.1) is 37.4 Å². The molecule has 4 aromatic heterocycles. The molecule has 3 aliphatic heterocycles. The van der Waals surface area contributed by atoms with Gasteiger partial charge in [-0.15, -0.1) is 11.8 Å². The molecule has 25 heteroatoms. The number of rotatable bonds is 2. The van der Waals surface area contributed by atoms with E-state index in [9.17, 15) is 19.4 Å². The number of anilines is 1. The number of ether oxygens (including phenoxy) is 1. The van der Waals surface area contributed by atoms with E-state index < -0.39 is 85.3 Å². The highest BCUT2D eigenvalue weighted by molar-refractivity contribution is 8.07. The zero-order valence-electron chi connectivity index (χ0n) is 22.2. The Labute approximate surface area is 263 Å². The third-order valence-corrected chi connectivity index (χ3v) is 11.8. The molecule has 7 heterocycles. The van der Waals surface area contributed by atoms with Crippen LogP contribution in [0.1, 0.15) is 11.6 Å². The molecule has 45 heavy (non-hydrogen) atoms. The smallest absolute Gasteiger partial charge is 0.325 e. The third-order valence-electron chi connectivity index (χ3n) is 7.21. The molecule has 0 saturated carbocycles. The first-order valence-corrected chi connectivity index (χ1v) is 19.0. The van der Waals surface area contributed by atoms with Gasteiger partial charge in [0.1, 0.15) is 29.9 Å². The number of nitrogens with two attached hydrogens (primary N) is 1. The Morgan fingerprint density at radius 3 is 2.38 bits per heavy atom. The van der Waals surface area contributed by atoms with Crippen LogP contribution < -0.4 is 16.9 Å². The number of alkyl halides is 2. The van der Waals surface area contributed by atoms with Crippen molar-refractivity contribution < 1.29 is 41.4 Å². The van der Waals surface area contributed by atoms with Crippen molar-refractivity contribution in [1.82, 2.24) is 39.0 Å². The van der Waals surface area contributed by atoms with Gasteiger partial charge in [0.2, 0.25) is 5.95 Å². The molecule has 242 valence electrons. The lowest BCUT2D eigenvalue weighted by Gasteiger charge is -2.27. The number of nitrogen functional groups attached to an aromatic ring is 1. The number of imidazole rings is 2. The van der Waals surface area contributed by atoms with E-state index in [2.05, 4.69) is 29.9 Å². The molecule has 0 radical (unpaired) electrons. The minimum absolute atomic E-state index is 0.00435. The van der Waals surface area contributed by atoms with Crippen LogP contribution in [-0.2, 0) is 46.4 Å². The van der Waals surface area contributed by atoms with Crippen LogP contribution in [0.4, 0.5) is 14.7 Å². The van der Waals surface area contributed by atoms with Crippen molar-refractivity contribution in [3.05, 3.63) is 39.7 Å². The van der Waals surface area contributed by atoms with Crippen molar-refractivity contribution in [1.29, 1.82) is 0 Å². The first-order chi connectivity index (χ1) is 21.3. The lowest BCUT2D eigenvalue weighted by Crippen LogP contribution is -2.34. The quantitative estimate of drug-likeness (QED) is 0.174. The average molecular weight is 728 g/mol. The van der Waals surface area contributed by atoms with Crippen LogP contribution in [0.25, 0.3) is 22.3 Å². The Kier molecular flexibility index (Phi) is 7.98. The fourth-order valence-corrected chi connectivity index (χ4v) is 9.73. The zero-order valence-corrected chi connectivity index (χ0v) is 26.4. The molecule has 3 fully saturated rings. The second kappa shape index (κ2) is 11.5. The van der Waals surface area contributed by atoms with E-state index in [-0.39, 0.29) is 28.3 Å². The second-order valence-electron chi connectivity index (χ2n) is 10.0. The van der Waals surface area contributed by atoms with E-state index in [0.29, 0.717) is 0 Å². The summed E-state index contributed by atoms with van der Waals surface area (Å²) >= 11 is 11.3. The van der Waals surface area contributed by atoms with Gasteiger partial charge in [-0.2, -0.15) is 4.98 Å². The van der Waals surface area contributed by atoms with Crippen LogP contribution in [0.15, 0.2) is 28.6 Å². The molecule has 2 unspecified atom stereocenters. The van der Waals surface area contributed by atoms with Gasteiger partial charge in [-0.1, -0.05) is 0 Å². The number of H-pyrrole nitrogens is 2. The van der Waals surface area contributed by atoms with Crippen molar-refractivity contribution in [3.8, 4) is 0 Å². The maximum atomic E-state index is 16.0. The fraction of sp³-hybridized carbons (Fsp3) is 0.500. The van der Waals surface area contributed by atoms with Crippen LogP contribution in [0, 0.1) is 0 Å². The summed E-state index contributed by atoms with van der Waals surface area (Å²) in [4.78, 5) is 67.2. The van der Waals surface area contributed by atoms with E-state index >= 15 is 8.78 Å². The number of nitrogens with one attached hydrogen (secondary N) is 2. The van der Waals surface area contributed by atoms with Gasteiger partial charge in [0, 0.05) is 0 Å². The largest absolute Gasteiger partial charge is 0.369 e. The number of thioether (sulfide) groups is 1. The molecule has 0 aliphatic carbocycles. The minimum Gasteiger partial charge on any atom is -0.369 e. The molecular weight excluding hydrogens is 706 g/mol. The normalized spacial score (nSPS) is 37.7. The van der Waals surface area contributed by atoms with Crippen molar-refractivity contribution in [2.24, 2.45) is 0 Å². The van der Waals surface area contributed by atoms with E-state index in [4.69, 9.17) is 52.2 Å². The van der Waals surface area contributed by atoms with Gasteiger partial charge >= 0.3 is 13.4 Å². The summed E-state index contributed by atoms with van der Waals surface area (Å²) in [6.45, 7) is -9.77. The lowest BCUT2D eigenvalue weighted by molar-refractivity contribution is -0.0440. The number of halogens is 2. The number of aromatic nitrogens is 8. The van der Waals surface area contributed by atoms with Crippen molar-refractivity contribution >= 4 is 77.1 Å². The second-order valence-corrected chi connectivity index (χ2v) is 17.0. The van der Waals surface area contributed by atoms with Gasteiger partial charge in [0.25, 0.3) is 11.1 Å². The molecule has 0 aromatic carbocycles. The predicted octanol–water partition coefficient (Wildman–Crippen LogP) is 0.273. The Morgan fingerprint density at radius 1 is 0.956 bits per heavy atom. The number of fused-ring (bicyclic) bond motifs is 5. The number of hydrogen-bond acceptors (Lipinski definition) is 15. The van der Waals surface area contributed by atoms with Crippen LogP contribution in [0.2, 0.25) is 0 Å². The Hall–Kier alpha value is -2.27. The summed E-state index contributed by atoms with van der Waals surface area (Å²) < 4.78 is 62.4. The maximum Gasteiger partial charge on any atom is 0.325 e. The van der Waals surface area contributed by atoms with Crippen molar-refractivity contribution in [2.45, 2.75) is 47.5 Å². The van der Waals surface area contributed by atoms with Gasteiger partial charge in [-0.05, 0) is 23.6 Å². The molecule has 3 aliphatic rings. The first-order valence-electron chi connectivity index (χ1n) is 12.8. The van der Waals surface area contributed by atoms with Crippen LogP contribution in [0.3, 0.4) is 0 Å². The Bertz CT molecular complexity index is 2010.